The minimum atomic E-state index is -3.71. The number of benzene rings is 2. The molecule has 2 aromatic rings. The van der Waals surface area contributed by atoms with Crippen LogP contribution in [0, 0.1) is 11.8 Å². The van der Waals surface area contributed by atoms with Crippen LogP contribution < -0.4 is 15.4 Å². The van der Waals surface area contributed by atoms with Gasteiger partial charge in [-0.3, -0.25) is 14.4 Å². The summed E-state index contributed by atoms with van der Waals surface area (Å²) in [6, 6.07) is 11.2. The fourth-order valence-electron chi connectivity index (χ4n) is 5.80. The summed E-state index contributed by atoms with van der Waals surface area (Å²) < 4.78 is 27.1. The molecule has 0 spiro atoms. The molecule has 3 N–H and O–H groups in total. The molecule has 4 rings (SSSR count). The van der Waals surface area contributed by atoms with E-state index in [-0.39, 0.29) is 28.5 Å². The largest absolute Gasteiger partial charge is 0.349 e. The van der Waals surface area contributed by atoms with Gasteiger partial charge in [-0.1, -0.05) is 56.7 Å². The second-order valence-corrected chi connectivity index (χ2v) is 14.2. The number of carbonyl (C=O) groups is 3. The average Bonchev–Trinajstić information content (AvgIpc) is 3.35. The molecular formula is C31H42N4O5S. The maximum Gasteiger partial charge on any atom is 0.247 e. The van der Waals surface area contributed by atoms with Gasteiger partial charge in [-0.15, -0.1) is 0 Å². The molecule has 9 nitrogen and oxygen atoms in total. The lowest BCUT2D eigenvalue weighted by Gasteiger charge is -2.45. The van der Waals surface area contributed by atoms with Gasteiger partial charge in [0.15, 0.2) is 0 Å². The van der Waals surface area contributed by atoms with Gasteiger partial charge in [0.1, 0.15) is 18.1 Å². The molecule has 10 heteroatoms. The highest BCUT2D eigenvalue weighted by Crippen LogP contribution is 2.36. The summed E-state index contributed by atoms with van der Waals surface area (Å²) in [7, 11) is -2.38. The zero-order valence-corrected chi connectivity index (χ0v) is 25.5. The van der Waals surface area contributed by atoms with E-state index >= 15 is 0 Å². The fraction of sp³-hybridized carbons (Fsp3) is 0.516. The van der Waals surface area contributed by atoms with Crippen LogP contribution in [0.3, 0.4) is 0 Å². The Balaban J connectivity index is 1.80. The van der Waals surface area contributed by atoms with Crippen LogP contribution in [0.5, 0.6) is 0 Å². The minimum absolute atomic E-state index is 0.0409. The molecule has 1 fully saturated rings. The zero-order chi connectivity index (χ0) is 30.1. The summed E-state index contributed by atoms with van der Waals surface area (Å²) in [6.45, 7) is 9.61. The van der Waals surface area contributed by atoms with E-state index in [0.717, 1.165) is 17.5 Å². The van der Waals surface area contributed by atoms with Crippen molar-refractivity contribution < 1.29 is 22.8 Å². The lowest BCUT2D eigenvalue weighted by molar-refractivity contribution is -0.158. The van der Waals surface area contributed by atoms with Crippen LogP contribution in [0.2, 0.25) is 0 Å². The van der Waals surface area contributed by atoms with Crippen molar-refractivity contribution in [1.29, 1.82) is 0 Å². The Hall–Kier alpha value is -3.24. The lowest BCUT2D eigenvalue weighted by Crippen LogP contribution is -2.67. The lowest BCUT2D eigenvalue weighted by atomic mass is 9.87. The molecule has 2 aliphatic rings. The second kappa shape index (κ2) is 11.9. The third-order valence-corrected chi connectivity index (χ3v) is 9.56. The van der Waals surface area contributed by atoms with Crippen LogP contribution in [0.4, 0.5) is 0 Å². The van der Waals surface area contributed by atoms with Gasteiger partial charge < -0.3 is 15.5 Å². The number of rotatable bonds is 9. The number of nitrogens with zero attached hydrogens (tertiary/aromatic N) is 1. The molecule has 1 saturated heterocycles. The molecule has 0 radical (unpaired) electrons. The fourth-order valence-corrected chi connectivity index (χ4v) is 6.53. The Morgan fingerprint density at radius 1 is 1.05 bits per heavy atom. The summed E-state index contributed by atoms with van der Waals surface area (Å²) in [6.07, 6.45) is 2.53. The molecule has 1 aliphatic carbocycles. The molecule has 0 saturated carbocycles. The Bertz CT molecular complexity index is 1380. The van der Waals surface area contributed by atoms with Gasteiger partial charge in [0.05, 0.1) is 4.90 Å². The van der Waals surface area contributed by atoms with Crippen molar-refractivity contribution in [2.45, 2.75) is 88.9 Å². The number of amides is 3. The first kappa shape index (κ1) is 30.7. The molecule has 3 amide bonds. The van der Waals surface area contributed by atoms with Crippen LogP contribution in [-0.2, 0) is 37.2 Å². The van der Waals surface area contributed by atoms with Crippen molar-refractivity contribution in [3.63, 3.8) is 0 Å². The van der Waals surface area contributed by atoms with Gasteiger partial charge >= 0.3 is 0 Å². The van der Waals surface area contributed by atoms with Crippen molar-refractivity contribution in [2.24, 2.45) is 11.8 Å². The zero-order valence-electron chi connectivity index (χ0n) is 24.7. The quantitative estimate of drug-likeness (QED) is 0.419. The molecule has 41 heavy (non-hydrogen) atoms. The summed E-state index contributed by atoms with van der Waals surface area (Å²) in [5.74, 6) is -0.994. The van der Waals surface area contributed by atoms with Crippen molar-refractivity contribution in [3.8, 4) is 0 Å². The molecule has 1 aliphatic heterocycles. The van der Waals surface area contributed by atoms with Crippen molar-refractivity contribution in [1.82, 2.24) is 20.3 Å². The smallest absolute Gasteiger partial charge is 0.247 e. The Morgan fingerprint density at radius 3 is 2.15 bits per heavy atom. The second-order valence-electron chi connectivity index (χ2n) is 12.4. The summed E-state index contributed by atoms with van der Waals surface area (Å²) in [5, 5.41) is 6.03. The Morgan fingerprint density at radius 2 is 1.63 bits per heavy atom. The first-order valence-corrected chi connectivity index (χ1v) is 15.8. The number of nitrogens with one attached hydrogen (secondary N) is 3. The van der Waals surface area contributed by atoms with E-state index in [1.807, 2.05) is 58.9 Å². The van der Waals surface area contributed by atoms with Crippen LogP contribution in [-0.4, -0.2) is 55.7 Å². The number of fused-ring (bicyclic) bond motifs is 1. The van der Waals surface area contributed by atoms with E-state index in [2.05, 4.69) is 15.4 Å². The highest BCUT2D eigenvalue weighted by atomic mass is 32.2. The number of hydrogen-bond acceptors (Lipinski definition) is 5. The predicted molar refractivity (Wildman–Crippen MR) is 157 cm³/mol. The summed E-state index contributed by atoms with van der Waals surface area (Å²) >= 11 is 0. The third-order valence-electron chi connectivity index (χ3n) is 8.13. The van der Waals surface area contributed by atoms with E-state index in [1.54, 1.807) is 12.1 Å². The van der Waals surface area contributed by atoms with Gasteiger partial charge in [-0.25, -0.2) is 13.1 Å². The summed E-state index contributed by atoms with van der Waals surface area (Å²) in [5.41, 5.74) is 2.16. The molecule has 4 atom stereocenters. The first-order chi connectivity index (χ1) is 19.3. The highest BCUT2D eigenvalue weighted by Gasteiger charge is 2.49. The van der Waals surface area contributed by atoms with Crippen LogP contribution >= 0.6 is 0 Å². The Labute approximate surface area is 243 Å². The van der Waals surface area contributed by atoms with E-state index in [9.17, 15) is 22.8 Å². The number of carbonyl (C=O) groups excluding carboxylic acids is 3. The van der Waals surface area contributed by atoms with E-state index in [0.29, 0.717) is 24.8 Å². The molecule has 4 unspecified atom stereocenters. The topological polar surface area (TPSA) is 125 Å². The summed E-state index contributed by atoms with van der Waals surface area (Å²) in [4.78, 5) is 43.8. The van der Waals surface area contributed by atoms with Crippen molar-refractivity contribution in [3.05, 3.63) is 65.2 Å². The van der Waals surface area contributed by atoms with E-state index in [4.69, 9.17) is 0 Å². The molecular weight excluding hydrogens is 540 g/mol. The maximum absolute atomic E-state index is 14.5. The van der Waals surface area contributed by atoms with Crippen LogP contribution in [0.25, 0.3) is 0 Å². The SMILES string of the molecule is CCC(C)CC1C(=O)NC(C2Cc3ccccc3C2)C(=O)N1C(C(=O)NC(C)(C)C)c1ccc(S(=O)(=O)NC)cc1. The van der Waals surface area contributed by atoms with Gasteiger partial charge in [-0.05, 0) is 87.7 Å². The molecule has 222 valence electrons. The van der Waals surface area contributed by atoms with Crippen molar-refractivity contribution in [2.75, 3.05) is 7.05 Å². The highest BCUT2D eigenvalue weighted by molar-refractivity contribution is 7.89. The number of piperazine rings is 1. The predicted octanol–water partition coefficient (Wildman–Crippen LogP) is 3.10. The third kappa shape index (κ3) is 6.64. The molecule has 0 bridgehead atoms. The number of sulfonamides is 1. The van der Waals surface area contributed by atoms with E-state index < -0.39 is 39.6 Å². The van der Waals surface area contributed by atoms with Gasteiger partial charge in [0.25, 0.3) is 0 Å². The van der Waals surface area contributed by atoms with Gasteiger partial charge in [0.2, 0.25) is 27.7 Å². The monoisotopic (exact) mass is 582 g/mol. The van der Waals surface area contributed by atoms with Gasteiger partial charge in [0, 0.05) is 5.54 Å². The molecule has 1 heterocycles. The minimum Gasteiger partial charge on any atom is -0.349 e. The first-order valence-electron chi connectivity index (χ1n) is 14.3. The van der Waals surface area contributed by atoms with E-state index in [1.165, 1.54) is 24.1 Å². The number of hydrogen-bond donors (Lipinski definition) is 3. The standard InChI is InChI=1S/C31H42N4O5S/c1-7-19(2)16-25-28(36)33-26(23-17-21-10-8-9-11-22(21)18-23)30(38)35(25)27(29(37)34-31(3,4)5)20-12-14-24(15-13-20)41(39,40)32-6/h8-15,19,23,25-27,32H,7,16-18H2,1-6H3,(H,33,36)(H,34,37). The van der Waals surface area contributed by atoms with Gasteiger partial charge in [-0.2, -0.15) is 0 Å². The molecule has 0 aromatic heterocycles. The maximum atomic E-state index is 14.5. The average molecular weight is 583 g/mol. The van der Waals surface area contributed by atoms with Crippen LogP contribution in [0.15, 0.2) is 53.4 Å². The molecule has 2 aromatic carbocycles. The van der Waals surface area contributed by atoms with Crippen LogP contribution in [0.1, 0.15) is 70.2 Å². The normalized spacial score (nSPS) is 21.3. The Kier molecular flexibility index (Phi) is 8.94. The van der Waals surface area contributed by atoms with Crippen molar-refractivity contribution >= 4 is 27.7 Å².